The number of nitrogens with zero attached hydrogens (tertiary/aromatic N) is 5. The fraction of sp³-hybridized carbons (Fsp3) is 0.688. The molecule has 3 aliphatic heterocycles. The summed E-state index contributed by atoms with van der Waals surface area (Å²) >= 11 is 0. The normalized spacial score (nSPS) is 28.4. The van der Waals surface area contributed by atoms with Crippen molar-refractivity contribution < 1.29 is 4.79 Å². The van der Waals surface area contributed by atoms with Crippen LogP contribution >= 0.6 is 0 Å². The van der Waals surface area contributed by atoms with Crippen LogP contribution in [0.1, 0.15) is 12.8 Å². The van der Waals surface area contributed by atoms with Crippen LogP contribution in [-0.4, -0.2) is 83.6 Å². The summed E-state index contributed by atoms with van der Waals surface area (Å²) in [6.07, 6.45) is 5.37. The van der Waals surface area contributed by atoms with Gasteiger partial charge in [0.15, 0.2) is 0 Å². The number of rotatable bonds is 4. The van der Waals surface area contributed by atoms with Gasteiger partial charge in [-0.25, -0.2) is 9.97 Å². The number of hydrogen-bond donors (Lipinski definition) is 1. The molecule has 7 nitrogen and oxygen atoms in total. The first-order valence-corrected chi connectivity index (χ1v) is 8.58. The summed E-state index contributed by atoms with van der Waals surface area (Å²) in [6.45, 7) is 6.80. The van der Waals surface area contributed by atoms with Gasteiger partial charge in [-0.1, -0.05) is 0 Å². The molecule has 0 aliphatic carbocycles. The number of aromatic nitrogens is 2. The maximum atomic E-state index is 12.1. The molecule has 7 heteroatoms. The standard InChI is InChI=1S/C16H24N6O/c23-15-12-13-14(2-5-17-13)22(15)11-8-20-6-9-21(10-7-20)16-18-3-1-4-19-16/h1,3-4,13-14,17H,2,5-12H2/t13-,14-/m1/s1. The minimum Gasteiger partial charge on any atom is -0.338 e. The van der Waals surface area contributed by atoms with Crippen molar-refractivity contribution in [1.82, 2.24) is 25.1 Å². The Morgan fingerprint density at radius 3 is 2.70 bits per heavy atom. The Morgan fingerprint density at radius 2 is 1.91 bits per heavy atom. The van der Waals surface area contributed by atoms with Crippen LogP contribution in [0.25, 0.3) is 0 Å². The van der Waals surface area contributed by atoms with Crippen molar-refractivity contribution in [3.8, 4) is 0 Å². The Kier molecular flexibility index (Phi) is 4.13. The average Bonchev–Trinajstić information content (AvgIpc) is 3.15. The molecule has 3 aliphatic rings. The topological polar surface area (TPSA) is 64.6 Å². The van der Waals surface area contributed by atoms with Crippen molar-refractivity contribution in [2.24, 2.45) is 0 Å². The van der Waals surface area contributed by atoms with Crippen LogP contribution in [0.5, 0.6) is 0 Å². The number of hydrogen-bond acceptors (Lipinski definition) is 6. The summed E-state index contributed by atoms with van der Waals surface area (Å²) < 4.78 is 0. The van der Waals surface area contributed by atoms with Gasteiger partial charge in [0.2, 0.25) is 11.9 Å². The molecule has 1 aromatic rings. The van der Waals surface area contributed by atoms with Crippen LogP contribution in [0.2, 0.25) is 0 Å². The average molecular weight is 316 g/mol. The van der Waals surface area contributed by atoms with Crippen LogP contribution < -0.4 is 10.2 Å². The Morgan fingerprint density at radius 1 is 1.13 bits per heavy atom. The molecule has 1 N–H and O–H groups in total. The van der Waals surface area contributed by atoms with E-state index in [-0.39, 0.29) is 0 Å². The Balaban J connectivity index is 1.26. The first kappa shape index (κ1) is 14.8. The zero-order valence-corrected chi connectivity index (χ0v) is 13.4. The van der Waals surface area contributed by atoms with Crippen molar-refractivity contribution in [3.05, 3.63) is 18.5 Å². The Hall–Kier alpha value is -1.73. The van der Waals surface area contributed by atoms with E-state index in [4.69, 9.17) is 0 Å². The van der Waals surface area contributed by atoms with Crippen molar-refractivity contribution in [3.63, 3.8) is 0 Å². The van der Waals surface area contributed by atoms with Crippen LogP contribution in [0.3, 0.4) is 0 Å². The first-order valence-electron chi connectivity index (χ1n) is 8.58. The summed E-state index contributed by atoms with van der Waals surface area (Å²) in [7, 11) is 0. The molecule has 0 saturated carbocycles. The third-order valence-electron chi connectivity index (χ3n) is 5.29. The van der Waals surface area contributed by atoms with E-state index in [0.717, 1.165) is 58.2 Å². The van der Waals surface area contributed by atoms with E-state index in [0.29, 0.717) is 24.4 Å². The van der Waals surface area contributed by atoms with Crippen LogP contribution in [-0.2, 0) is 4.79 Å². The fourth-order valence-electron chi connectivity index (χ4n) is 3.99. The first-order chi connectivity index (χ1) is 11.3. The maximum Gasteiger partial charge on any atom is 0.225 e. The number of anilines is 1. The highest BCUT2D eigenvalue weighted by atomic mass is 16.2. The molecule has 4 rings (SSSR count). The van der Waals surface area contributed by atoms with Gasteiger partial charge in [-0.3, -0.25) is 9.69 Å². The van der Waals surface area contributed by atoms with Crippen molar-refractivity contribution in [2.75, 3.05) is 50.7 Å². The van der Waals surface area contributed by atoms with E-state index in [2.05, 4.69) is 30.0 Å². The van der Waals surface area contributed by atoms with Crippen LogP contribution in [0.4, 0.5) is 5.95 Å². The highest BCUT2D eigenvalue weighted by molar-refractivity contribution is 5.80. The van der Waals surface area contributed by atoms with Gasteiger partial charge < -0.3 is 15.1 Å². The summed E-state index contributed by atoms with van der Waals surface area (Å²) in [5.41, 5.74) is 0. The third kappa shape index (κ3) is 3.03. The summed E-state index contributed by atoms with van der Waals surface area (Å²) in [4.78, 5) is 27.6. The molecule has 0 radical (unpaired) electrons. The predicted octanol–water partition coefficient (Wildman–Crippen LogP) is -0.439. The number of carbonyl (C=O) groups is 1. The number of amides is 1. The Labute approximate surface area is 136 Å². The monoisotopic (exact) mass is 316 g/mol. The number of likely N-dealkylation sites (tertiary alicyclic amines) is 1. The molecule has 3 saturated heterocycles. The van der Waals surface area contributed by atoms with Gasteiger partial charge in [0.05, 0.1) is 0 Å². The molecule has 0 unspecified atom stereocenters. The van der Waals surface area contributed by atoms with Gasteiger partial charge >= 0.3 is 0 Å². The Bertz CT molecular complexity index is 545. The highest BCUT2D eigenvalue weighted by Crippen LogP contribution is 2.25. The zero-order valence-electron chi connectivity index (χ0n) is 13.4. The minimum absolute atomic E-state index is 0.323. The molecule has 1 amide bonds. The van der Waals surface area contributed by atoms with Gasteiger partial charge in [0, 0.05) is 70.2 Å². The number of nitrogens with one attached hydrogen (secondary N) is 1. The lowest BCUT2D eigenvalue weighted by molar-refractivity contribution is -0.129. The van der Waals surface area contributed by atoms with E-state index in [1.807, 2.05) is 6.07 Å². The second-order valence-corrected chi connectivity index (χ2v) is 6.59. The van der Waals surface area contributed by atoms with Crippen LogP contribution in [0.15, 0.2) is 18.5 Å². The van der Waals surface area contributed by atoms with Crippen molar-refractivity contribution in [1.29, 1.82) is 0 Å². The predicted molar refractivity (Wildman–Crippen MR) is 87.2 cm³/mol. The van der Waals surface area contributed by atoms with E-state index in [1.165, 1.54) is 0 Å². The fourth-order valence-corrected chi connectivity index (χ4v) is 3.99. The lowest BCUT2D eigenvalue weighted by Crippen LogP contribution is -2.50. The number of fused-ring (bicyclic) bond motifs is 1. The van der Waals surface area contributed by atoms with Gasteiger partial charge in [-0.2, -0.15) is 0 Å². The lowest BCUT2D eigenvalue weighted by Gasteiger charge is -2.36. The largest absolute Gasteiger partial charge is 0.338 e. The smallest absolute Gasteiger partial charge is 0.225 e. The van der Waals surface area contributed by atoms with Crippen LogP contribution in [0, 0.1) is 0 Å². The van der Waals surface area contributed by atoms with Gasteiger partial charge in [-0.05, 0) is 19.0 Å². The van der Waals surface area contributed by atoms with E-state index in [1.54, 1.807) is 12.4 Å². The van der Waals surface area contributed by atoms with E-state index in [9.17, 15) is 4.79 Å². The highest BCUT2D eigenvalue weighted by Gasteiger charge is 2.42. The molecular weight excluding hydrogens is 292 g/mol. The molecule has 124 valence electrons. The molecule has 4 heterocycles. The quantitative estimate of drug-likeness (QED) is 0.813. The molecule has 3 fully saturated rings. The third-order valence-corrected chi connectivity index (χ3v) is 5.29. The molecular formula is C16H24N6O. The van der Waals surface area contributed by atoms with Gasteiger partial charge in [-0.15, -0.1) is 0 Å². The van der Waals surface area contributed by atoms with Crippen molar-refractivity contribution in [2.45, 2.75) is 24.9 Å². The second kappa shape index (κ2) is 6.41. The SMILES string of the molecule is O=C1C[C@H]2NCC[C@H]2N1CCN1CCN(c2ncccn2)CC1. The molecule has 2 atom stereocenters. The number of piperazine rings is 1. The molecule has 0 spiro atoms. The van der Waals surface area contributed by atoms with Gasteiger partial charge in [0.1, 0.15) is 0 Å². The molecule has 0 aromatic carbocycles. The molecule has 0 bridgehead atoms. The maximum absolute atomic E-state index is 12.1. The molecule has 1 aromatic heterocycles. The summed E-state index contributed by atoms with van der Waals surface area (Å²) in [5, 5.41) is 3.44. The molecule has 23 heavy (non-hydrogen) atoms. The van der Waals surface area contributed by atoms with Gasteiger partial charge in [0.25, 0.3) is 0 Å². The van der Waals surface area contributed by atoms with E-state index < -0.39 is 0 Å². The lowest BCUT2D eigenvalue weighted by atomic mass is 10.1. The second-order valence-electron chi connectivity index (χ2n) is 6.59. The summed E-state index contributed by atoms with van der Waals surface area (Å²) in [6, 6.07) is 2.67. The van der Waals surface area contributed by atoms with Crippen molar-refractivity contribution >= 4 is 11.9 Å². The van der Waals surface area contributed by atoms with E-state index >= 15 is 0 Å². The zero-order chi connectivity index (χ0) is 15.6. The minimum atomic E-state index is 0.323. The summed E-state index contributed by atoms with van der Waals surface area (Å²) in [5.74, 6) is 1.14. The number of carbonyl (C=O) groups excluding carboxylic acids is 1.